The first kappa shape index (κ1) is 34.6. The van der Waals surface area contributed by atoms with Crippen molar-refractivity contribution in [3.05, 3.63) is 83.4 Å². The molecule has 0 amide bonds. The maximum atomic E-state index is 9.75. The third-order valence-electron chi connectivity index (χ3n) is 7.59. The second kappa shape index (κ2) is 14.0. The Kier molecular flexibility index (Phi) is 10.5. The summed E-state index contributed by atoms with van der Waals surface area (Å²) in [5, 5.41) is 10.4. The van der Waals surface area contributed by atoms with Crippen molar-refractivity contribution in [3.8, 4) is 22.6 Å². The summed E-state index contributed by atoms with van der Waals surface area (Å²) in [6.07, 6.45) is 0.870. The number of hydrogen-bond donors (Lipinski definition) is 1. The highest BCUT2D eigenvalue weighted by Crippen LogP contribution is 2.57. The molecule has 1 aliphatic rings. The molecule has 0 unspecified atom stereocenters. The van der Waals surface area contributed by atoms with Crippen LogP contribution in [0.1, 0.15) is 43.9 Å². The highest BCUT2D eigenvalue weighted by atomic mass is 19.5. The van der Waals surface area contributed by atoms with Crippen molar-refractivity contribution in [1.82, 2.24) is 0 Å². The zero-order valence-corrected chi connectivity index (χ0v) is 27.6. The lowest BCUT2D eigenvalue weighted by Crippen LogP contribution is -2.36. The number of pyridine rings is 1. The summed E-state index contributed by atoms with van der Waals surface area (Å²) in [5.41, 5.74) is 12.0. The van der Waals surface area contributed by atoms with Gasteiger partial charge in [0.05, 0.1) is 42.1 Å². The fourth-order valence-electron chi connectivity index (χ4n) is 6.35. The molecule has 244 valence electrons. The lowest BCUT2D eigenvalue weighted by Gasteiger charge is -2.36. The van der Waals surface area contributed by atoms with Crippen molar-refractivity contribution in [2.45, 2.75) is 60.6 Å². The van der Waals surface area contributed by atoms with Crippen LogP contribution in [-0.4, -0.2) is 32.7 Å². The van der Waals surface area contributed by atoms with E-state index in [1.165, 1.54) is 50.0 Å². The van der Waals surface area contributed by atoms with E-state index in [2.05, 4.69) is 104 Å². The second-order valence-electron chi connectivity index (χ2n) is 11.6. The van der Waals surface area contributed by atoms with Crippen molar-refractivity contribution in [1.29, 1.82) is 0 Å². The average Bonchev–Trinajstić information content (AvgIpc) is 2.97. The molecule has 5 aromatic rings. The number of benzene rings is 4. The van der Waals surface area contributed by atoms with Gasteiger partial charge in [0.2, 0.25) is 11.0 Å². The lowest BCUT2D eigenvalue weighted by atomic mass is 9.87. The number of aliphatic hydroxyl groups excluding tert-OH is 1. The SMILES string of the molecule is CC(C)O.CCC[n+]1c2cccc(OC)c2c2c3c(cccc31)N(c1c(C)cc(C)cc1C)c1cccc(OC)c1-2.F[B-](F)(F)F. The summed E-state index contributed by atoms with van der Waals surface area (Å²) < 4.78 is 53.5. The van der Waals surface area contributed by atoms with Gasteiger partial charge in [-0.25, -0.2) is 0 Å². The molecule has 0 atom stereocenters. The third kappa shape index (κ3) is 6.92. The van der Waals surface area contributed by atoms with Crippen LogP contribution in [0.4, 0.5) is 34.3 Å². The normalized spacial score (nSPS) is 11.9. The molecule has 0 saturated heterocycles. The molecular formula is C36H41BF4N2O3. The van der Waals surface area contributed by atoms with Gasteiger partial charge in [-0.15, -0.1) is 0 Å². The van der Waals surface area contributed by atoms with E-state index in [4.69, 9.17) is 14.6 Å². The van der Waals surface area contributed by atoms with Gasteiger partial charge in [-0.3, -0.25) is 0 Å². The largest absolute Gasteiger partial charge is 0.673 e. The molecule has 0 aliphatic carbocycles. The van der Waals surface area contributed by atoms with Crippen molar-refractivity contribution in [3.63, 3.8) is 0 Å². The Hall–Kier alpha value is -4.31. The molecule has 0 bridgehead atoms. The molecule has 1 aliphatic heterocycles. The number of aliphatic hydroxyl groups is 1. The van der Waals surface area contributed by atoms with Gasteiger partial charge >= 0.3 is 7.25 Å². The maximum absolute atomic E-state index is 9.75. The fourth-order valence-corrected chi connectivity index (χ4v) is 6.35. The maximum Gasteiger partial charge on any atom is 0.673 e. The molecule has 4 aromatic carbocycles. The van der Waals surface area contributed by atoms with Crippen LogP contribution in [0.25, 0.3) is 32.9 Å². The molecule has 0 saturated carbocycles. The average molecular weight is 637 g/mol. The molecular weight excluding hydrogens is 595 g/mol. The van der Waals surface area contributed by atoms with Gasteiger partial charge in [-0.1, -0.05) is 42.8 Å². The van der Waals surface area contributed by atoms with Crippen LogP contribution in [-0.2, 0) is 6.54 Å². The summed E-state index contributed by atoms with van der Waals surface area (Å²) >= 11 is 0. The van der Waals surface area contributed by atoms with Crippen LogP contribution >= 0.6 is 0 Å². The molecule has 46 heavy (non-hydrogen) atoms. The van der Waals surface area contributed by atoms with E-state index >= 15 is 0 Å². The van der Waals surface area contributed by atoms with Gasteiger partial charge in [-0.2, -0.15) is 4.57 Å². The molecule has 0 fully saturated rings. The molecule has 1 N–H and O–H groups in total. The van der Waals surface area contributed by atoms with E-state index in [0.29, 0.717) is 0 Å². The van der Waals surface area contributed by atoms with E-state index in [9.17, 15) is 17.3 Å². The van der Waals surface area contributed by atoms with Crippen LogP contribution in [0.2, 0.25) is 0 Å². The molecule has 0 spiro atoms. The Labute approximate surface area is 268 Å². The number of aromatic nitrogens is 1. The minimum absolute atomic E-state index is 0.167. The van der Waals surface area contributed by atoms with E-state index in [1.54, 1.807) is 28.1 Å². The lowest BCUT2D eigenvalue weighted by molar-refractivity contribution is -0.645. The van der Waals surface area contributed by atoms with Crippen LogP contribution in [0.5, 0.6) is 11.5 Å². The smallest absolute Gasteiger partial charge is 0.496 e. The summed E-state index contributed by atoms with van der Waals surface area (Å²) in [6.45, 7) is 13.2. The number of anilines is 3. The molecule has 10 heteroatoms. The molecule has 6 rings (SSSR count). The first-order valence-corrected chi connectivity index (χ1v) is 15.3. The summed E-state index contributed by atoms with van der Waals surface area (Å²) in [5.74, 6) is 1.74. The van der Waals surface area contributed by atoms with Crippen molar-refractivity contribution >= 4 is 46.1 Å². The van der Waals surface area contributed by atoms with Crippen molar-refractivity contribution in [2.24, 2.45) is 0 Å². The quantitative estimate of drug-likeness (QED) is 0.0886. The van der Waals surface area contributed by atoms with Gasteiger partial charge in [0.25, 0.3) is 0 Å². The summed E-state index contributed by atoms with van der Waals surface area (Å²) in [4.78, 5) is 2.44. The zero-order valence-electron chi connectivity index (χ0n) is 27.6. The van der Waals surface area contributed by atoms with Gasteiger partial charge in [0.1, 0.15) is 18.0 Å². The van der Waals surface area contributed by atoms with E-state index in [1.807, 2.05) is 0 Å². The first-order valence-electron chi connectivity index (χ1n) is 15.3. The standard InChI is InChI=1S/C33H33N2O2.C3H8O.BF4/c1-7-17-34-23-11-8-13-25-29(23)32(30-24(34)12-9-15-27(30)36-5)31-26(14-10-16-28(31)37-6)35(25)33-21(3)18-20(2)19-22(33)4;1-3(2)4;2-1(3,4)5/h8-16,18-19H,7,17H2,1-6H3;3-4H,1-2H3;/q+1;;-1. The number of hydrogen-bond acceptors (Lipinski definition) is 4. The molecule has 5 nitrogen and oxygen atoms in total. The van der Waals surface area contributed by atoms with Gasteiger partial charge in [-0.05, 0) is 70.0 Å². The van der Waals surface area contributed by atoms with Gasteiger partial charge in [0.15, 0.2) is 0 Å². The van der Waals surface area contributed by atoms with Crippen LogP contribution in [0, 0.1) is 20.8 Å². The minimum Gasteiger partial charge on any atom is -0.496 e. The molecule has 0 radical (unpaired) electrons. The Balaban J connectivity index is 0.000000474. The van der Waals surface area contributed by atoms with Gasteiger partial charge < -0.3 is 36.7 Å². The number of methoxy groups -OCH3 is 2. The second-order valence-corrected chi connectivity index (χ2v) is 11.6. The number of ether oxygens (including phenoxy) is 2. The van der Waals surface area contributed by atoms with Crippen molar-refractivity contribution in [2.75, 3.05) is 19.1 Å². The number of nitrogens with zero attached hydrogens (tertiary/aromatic N) is 2. The topological polar surface area (TPSA) is 45.8 Å². The third-order valence-corrected chi connectivity index (χ3v) is 7.59. The van der Waals surface area contributed by atoms with E-state index in [0.717, 1.165) is 41.1 Å². The zero-order chi connectivity index (χ0) is 33.9. The highest BCUT2D eigenvalue weighted by Gasteiger charge is 2.36. The van der Waals surface area contributed by atoms with Crippen molar-refractivity contribution < 1.29 is 36.4 Å². The number of rotatable bonds is 5. The molecule has 2 heterocycles. The van der Waals surface area contributed by atoms with Crippen LogP contribution < -0.4 is 18.9 Å². The Bertz CT molecular complexity index is 1840. The highest BCUT2D eigenvalue weighted by molar-refractivity contribution is 6.50. The first-order chi connectivity index (χ1) is 21.7. The summed E-state index contributed by atoms with van der Waals surface area (Å²) in [6, 6.07) is 24.0. The van der Waals surface area contributed by atoms with Crippen LogP contribution in [0.15, 0.2) is 66.7 Å². The Morgan fingerprint density at radius 3 is 1.78 bits per heavy atom. The molecule has 1 aromatic heterocycles. The number of halogens is 4. The van der Waals surface area contributed by atoms with Gasteiger partial charge in [0, 0.05) is 35.8 Å². The van der Waals surface area contributed by atoms with E-state index in [-0.39, 0.29) is 6.10 Å². The number of aryl methyl sites for hydroxylation is 4. The Morgan fingerprint density at radius 2 is 1.24 bits per heavy atom. The monoisotopic (exact) mass is 636 g/mol. The van der Waals surface area contributed by atoms with Crippen LogP contribution in [0.3, 0.4) is 0 Å². The summed E-state index contributed by atoms with van der Waals surface area (Å²) in [7, 11) is -2.47. The predicted octanol–water partition coefficient (Wildman–Crippen LogP) is 9.77. The predicted molar refractivity (Wildman–Crippen MR) is 180 cm³/mol. The van der Waals surface area contributed by atoms with E-state index < -0.39 is 7.25 Å². The Morgan fingerprint density at radius 1 is 0.761 bits per heavy atom. The fraction of sp³-hybridized carbons (Fsp3) is 0.306. The minimum atomic E-state index is -6.00. The number of fused-ring (bicyclic) bond motifs is 4.